The number of hydrogen-bond acceptors (Lipinski definition) is 9. The van der Waals surface area contributed by atoms with Gasteiger partial charge in [0.1, 0.15) is 30.9 Å². The molecule has 35 heavy (non-hydrogen) atoms. The van der Waals surface area contributed by atoms with E-state index < -0.39 is 41.4 Å². The molecule has 0 aliphatic carbocycles. The number of fused-ring (bicyclic) bond motifs is 3. The van der Waals surface area contributed by atoms with E-state index in [1.807, 2.05) is 0 Å². The number of nitrogens with one attached hydrogen (secondary N) is 1. The van der Waals surface area contributed by atoms with Crippen LogP contribution < -0.4 is 19.8 Å². The van der Waals surface area contributed by atoms with E-state index in [0.717, 1.165) is 9.80 Å². The largest absolute Gasteiger partial charge is 0.486 e. The number of hydrazone groups is 1. The van der Waals surface area contributed by atoms with Gasteiger partial charge in [0.15, 0.2) is 17.3 Å². The summed E-state index contributed by atoms with van der Waals surface area (Å²) >= 11 is 0. The Balaban J connectivity index is 1.18. The van der Waals surface area contributed by atoms with Crippen molar-refractivity contribution in [2.24, 2.45) is 11.0 Å². The van der Waals surface area contributed by atoms with Gasteiger partial charge in [0.05, 0.1) is 16.8 Å². The molecule has 0 radical (unpaired) electrons. The quantitative estimate of drug-likeness (QED) is 0.621. The Bertz CT molecular complexity index is 1330. The number of anilines is 1. The Morgan fingerprint density at radius 3 is 2.34 bits per heavy atom. The smallest absolute Gasteiger partial charge is 0.261 e. The summed E-state index contributed by atoms with van der Waals surface area (Å²) in [5.74, 6) is -2.75. The molecular formula is C24H18N4O7. The van der Waals surface area contributed by atoms with Gasteiger partial charge in [-0.25, -0.2) is 4.90 Å². The van der Waals surface area contributed by atoms with Crippen LogP contribution in [0, 0.1) is 5.92 Å². The van der Waals surface area contributed by atoms with Gasteiger partial charge in [-0.05, 0) is 24.3 Å². The minimum Gasteiger partial charge on any atom is -0.486 e. The van der Waals surface area contributed by atoms with Gasteiger partial charge in [-0.15, -0.1) is 0 Å². The summed E-state index contributed by atoms with van der Waals surface area (Å²) in [6.07, 6.45) is -0.222. The molecule has 1 N–H and O–H groups in total. The number of carbonyl (C=O) groups excluding carboxylic acids is 5. The van der Waals surface area contributed by atoms with Crippen molar-refractivity contribution < 1.29 is 33.4 Å². The number of ketones is 1. The van der Waals surface area contributed by atoms with E-state index in [4.69, 9.17) is 9.47 Å². The van der Waals surface area contributed by atoms with E-state index in [9.17, 15) is 24.0 Å². The third-order valence-corrected chi connectivity index (χ3v) is 6.44. The second kappa shape index (κ2) is 7.76. The lowest BCUT2D eigenvalue weighted by molar-refractivity contribution is -0.122. The normalized spacial score (nSPS) is 22.2. The highest BCUT2D eigenvalue weighted by Crippen LogP contribution is 2.37. The summed E-state index contributed by atoms with van der Waals surface area (Å²) in [6, 6.07) is 10.2. The maximum Gasteiger partial charge on any atom is 0.261 e. The molecule has 1 saturated heterocycles. The van der Waals surface area contributed by atoms with E-state index in [0.29, 0.717) is 30.4 Å². The minimum atomic E-state index is -1.09. The number of nitrogens with zero attached hydrogens (tertiary/aromatic N) is 3. The average molecular weight is 474 g/mol. The second-order valence-electron chi connectivity index (χ2n) is 8.40. The molecule has 4 aliphatic rings. The Labute approximate surface area is 198 Å². The number of Topliss-reactive ketones (excluding diaryl/α,β-unsaturated/α-hetero) is 1. The number of hydrogen-bond donors (Lipinski definition) is 1. The van der Waals surface area contributed by atoms with Crippen LogP contribution in [0.1, 0.15) is 27.1 Å². The number of amides is 4. The van der Waals surface area contributed by atoms with Crippen LogP contribution >= 0.6 is 0 Å². The highest BCUT2D eigenvalue weighted by molar-refractivity contribution is 6.48. The number of rotatable bonds is 5. The van der Waals surface area contributed by atoms with Crippen LogP contribution in [-0.4, -0.2) is 65.8 Å². The predicted molar refractivity (Wildman–Crippen MR) is 119 cm³/mol. The fourth-order valence-corrected chi connectivity index (χ4v) is 4.73. The van der Waals surface area contributed by atoms with Crippen molar-refractivity contribution in [1.29, 1.82) is 0 Å². The van der Waals surface area contributed by atoms with E-state index >= 15 is 0 Å². The first-order valence-corrected chi connectivity index (χ1v) is 11.0. The molecule has 2 atom stereocenters. The molecule has 4 aliphatic heterocycles. The van der Waals surface area contributed by atoms with Gasteiger partial charge in [-0.1, -0.05) is 12.1 Å². The van der Waals surface area contributed by atoms with E-state index in [1.165, 1.54) is 0 Å². The SMILES string of the molecule is O=C(CCN1C(=O)c2ccccc2C1=O)C1=NN[C@H]2C(=O)N(c3ccc4c(c3)OCCO4)C(=O)[C@H]12. The molecule has 176 valence electrons. The summed E-state index contributed by atoms with van der Waals surface area (Å²) in [7, 11) is 0. The first-order chi connectivity index (χ1) is 17.0. The third-order valence-electron chi connectivity index (χ3n) is 6.44. The molecule has 4 amide bonds. The van der Waals surface area contributed by atoms with Crippen molar-refractivity contribution in [3.05, 3.63) is 53.6 Å². The number of ether oxygens (including phenoxy) is 2. The van der Waals surface area contributed by atoms with Crippen LogP contribution in [0.15, 0.2) is 47.6 Å². The lowest BCUT2D eigenvalue weighted by Crippen LogP contribution is -2.36. The Morgan fingerprint density at radius 2 is 1.63 bits per heavy atom. The third kappa shape index (κ3) is 3.11. The lowest BCUT2D eigenvalue weighted by atomic mass is 9.94. The van der Waals surface area contributed by atoms with Crippen LogP contribution in [-0.2, 0) is 14.4 Å². The summed E-state index contributed by atoms with van der Waals surface area (Å²) in [4.78, 5) is 66.3. The van der Waals surface area contributed by atoms with Crippen LogP contribution in [0.2, 0.25) is 0 Å². The second-order valence-corrected chi connectivity index (χ2v) is 8.40. The monoisotopic (exact) mass is 474 g/mol. The van der Waals surface area contributed by atoms with Crippen molar-refractivity contribution in [1.82, 2.24) is 10.3 Å². The molecule has 0 spiro atoms. The molecule has 0 unspecified atom stereocenters. The Kier molecular flexibility index (Phi) is 4.66. The van der Waals surface area contributed by atoms with E-state index in [1.54, 1.807) is 42.5 Å². The molecule has 6 rings (SSSR count). The summed E-state index contributed by atoms with van der Waals surface area (Å²) < 4.78 is 11.0. The standard InChI is InChI=1S/C24H18N4O7/c29-15(7-8-27-21(30)13-3-1-2-4-14(13)22(27)31)19-18-20(26-25-19)24(33)28(23(18)32)12-5-6-16-17(11-12)35-10-9-34-16/h1-6,11,18,20,26H,7-10H2/t18-,20-/m1/s1. The molecule has 0 saturated carbocycles. The van der Waals surface area contributed by atoms with Gasteiger partial charge in [0.25, 0.3) is 17.7 Å². The summed E-state index contributed by atoms with van der Waals surface area (Å²) in [5.41, 5.74) is 3.39. The molecule has 1 fully saturated rings. The topological polar surface area (TPSA) is 135 Å². The zero-order valence-electron chi connectivity index (χ0n) is 18.2. The van der Waals surface area contributed by atoms with Crippen LogP contribution in [0.4, 0.5) is 5.69 Å². The highest BCUT2D eigenvalue weighted by Gasteiger charge is 2.55. The number of imide groups is 2. The van der Waals surface area contributed by atoms with Crippen LogP contribution in [0.3, 0.4) is 0 Å². The van der Waals surface area contributed by atoms with Gasteiger partial charge < -0.3 is 9.47 Å². The van der Waals surface area contributed by atoms with E-state index in [2.05, 4.69) is 10.5 Å². The molecular weight excluding hydrogens is 456 g/mol. The molecule has 2 aromatic rings. The van der Waals surface area contributed by atoms with E-state index in [-0.39, 0.29) is 29.8 Å². The Morgan fingerprint density at radius 1 is 0.943 bits per heavy atom. The molecule has 2 aromatic carbocycles. The van der Waals surface area contributed by atoms with Crippen molar-refractivity contribution in [3.63, 3.8) is 0 Å². The molecule has 0 aromatic heterocycles. The summed E-state index contributed by atoms with van der Waals surface area (Å²) in [5, 5.41) is 3.96. The fraction of sp³-hybridized carbons (Fsp3) is 0.250. The molecule has 11 nitrogen and oxygen atoms in total. The number of benzene rings is 2. The van der Waals surface area contributed by atoms with Crippen molar-refractivity contribution in [2.45, 2.75) is 12.5 Å². The molecule has 0 bridgehead atoms. The van der Waals surface area contributed by atoms with Crippen molar-refractivity contribution in [2.75, 3.05) is 24.7 Å². The average Bonchev–Trinajstić information content (AvgIpc) is 3.50. The first kappa shape index (κ1) is 21.0. The molecule has 4 heterocycles. The van der Waals surface area contributed by atoms with Gasteiger partial charge in [-0.3, -0.25) is 34.3 Å². The predicted octanol–water partition coefficient (Wildman–Crippen LogP) is 0.530. The highest BCUT2D eigenvalue weighted by atomic mass is 16.6. The Hall–Kier alpha value is -4.54. The zero-order chi connectivity index (χ0) is 24.3. The lowest BCUT2D eigenvalue weighted by Gasteiger charge is -2.21. The van der Waals surface area contributed by atoms with Gasteiger partial charge in [0.2, 0.25) is 5.91 Å². The van der Waals surface area contributed by atoms with Gasteiger partial charge >= 0.3 is 0 Å². The molecule has 11 heteroatoms. The minimum absolute atomic E-state index is 0.0926. The zero-order valence-corrected chi connectivity index (χ0v) is 18.2. The van der Waals surface area contributed by atoms with Crippen LogP contribution in [0.25, 0.3) is 0 Å². The number of carbonyl (C=O) groups is 5. The van der Waals surface area contributed by atoms with Crippen LogP contribution in [0.5, 0.6) is 11.5 Å². The van der Waals surface area contributed by atoms with Gasteiger partial charge in [0, 0.05) is 19.0 Å². The van der Waals surface area contributed by atoms with Crippen molar-refractivity contribution >= 4 is 40.8 Å². The first-order valence-electron chi connectivity index (χ1n) is 11.0. The maximum absolute atomic E-state index is 13.2. The van der Waals surface area contributed by atoms with Crippen molar-refractivity contribution in [3.8, 4) is 11.5 Å². The summed E-state index contributed by atoms with van der Waals surface area (Å²) in [6.45, 7) is 0.601. The van der Waals surface area contributed by atoms with Gasteiger partial charge in [-0.2, -0.15) is 5.10 Å². The fourth-order valence-electron chi connectivity index (χ4n) is 4.73. The maximum atomic E-state index is 13.2.